The Balaban J connectivity index is 2.07. The monoisotopic (exact) mass is 314 g/mol. The number of benzene rings is 2. The third-order valence-electron chi connectivity index (χ3n) is 3.47. The second kappa shape index (κ2) is 5.64. The molecule has 23 heavy (non-hydrogen) atoms. The van der Waals surface area contributed by atoms with Crippen molar-refractivity contribution in [2.24, 2.45) is 0 Å². The Morgan fingerprint density at radius 2 is 1.83 bits per heavy atom. The van der Waals surface area contributed by atoms with Crippen molar-refractivity contribution in [2.45, 2.75) is 6.92 Å². The maximum Gasteiger partial charge on any atom is 0.257 e. The Morgan fingerprint density at radius 3 is 2.52 bits per heavy atom. The van der Waals surface area contributed by atoms with Gasteiger partial charge in [0.05, 0.1) is 16.8 Å². The molecule has 3 aromatic rings. The molecular weight excluding hydrogens is 302 g/mol. The van der Waals surface area contributed by atoms with Gasteiger partial charge in [0.1, 0.15) is 11.6 Å². The zero-order valence-corrected chi connectivity index (χ0v) is 12.1. The summed E-state index contributed by atoms with van der Waals surface area (Å²) in [7, 11) is 0. The third-order valence-corrected chi connectivity index (χ3v) is 3.47. The van der Waals surface area contributed by atoms with Gasteiger partial charge in [-0.3, -0.25) is 14.2 Å². The van der Waals surface area contributed by atoms with Gasteiger partial charge in [-0.15, -0.1) is 0 Å². The fourth-order valence-corrected chi connectivity index (χ4v) is 2.39. The molecule has 116 valence electrons. The molecule has 1 aromatic heterocycles. The number of fused-ring (bicyclic) bond motifs is 1. The molecule has 0 saturated heterocycles. The molecule has 0 atom stereocenters. The molecule has 0 unspecified atom stereocenters. The lowest BCUT2D eigenvalue weighted by Crippen LogP contribution is -2.13. The highest BCUT2D eigenvalue weighted by Crippen LogP contribution is 2.24. The molecule has 0 aliphatic rings. The first-order chi connectivity index (χ1) is 11.0. The summed E-state index contributed by atoms with van der Waals surface area (Å²) in [4.78, 5) is 24.1. The SMILES string of the molecule is CC(=O)n1cc(C(=O)Nc2ccccc2F)c2ccc(F)cc21. The van der Waals surface area contributed by atoms with E-state index in [4.69, 9.17) is 0 Å². The van der Waals surface area contributed by atoms with Gasteiger partial charge in [0.15, 0.2) is 0 Å². The van der Waals surface area contributed by atoms with Crippen LogP contribution in [0.25, 0.3) is 10.9 Å². The molecule has 2 aromatic carbocycles. The van der Waals surface area contributed by atoms with E-state index in [1.807, 2.05) is 0 Å². The quantitative estimate of drug-likeness (QED) is 0.781. The predicted octanol–water partition coefficient (Wildman–Crippen LogP) is 3.83. The van der Waals surface area contributed by atoms with E-state index in [1.165, 1.54) is 54.1 Å². The van der Waals surface area contributed by atoms with Crippen LogP contribution in [-0.2, 0) is 0 Å². The summed E-state index contributed by atoms with van der Waals surface area (Å²) < 4.78 is 28.2. The summed E-state index contributed by atoms with van der Waals surface area (Å²) >= 11 is 0. The predicted molar refractivity (Wildman–Crippen MR) is 82.5 cm³/mol. The lowest BCUT2D eigenvalue weighted by atomic mass is 10.1. The third kappa shape index (κ3) is 2.70. The molecule has 0 spiro atoms. The summed E-state index contributed by atoms with van der Waals surface area (Å²) in [5.74, 6) is -2.02. The molecule has 0 radical (unpaired) electrons. The van der Waals surface area contributed by atoms with Crippen LogP contribution in [0.1, 0.15) is 22.1 Å². The number of hydrogen-bond donors (Lipinski definition) is 1. The molecule has 0 fully saturated rings. The zero-order valence-electron chi connectivity index (χ0n) is 12.1. The highest BCUT2D eigenvalue weighted by molar-refractivity contribution is 6.14. The minimum Gasteiger partial charge on any atom is -0.319 e. The van der Waals surface area contributed by atoms with Crippen molar-refractivity contribution < 1.29 is 18.4 Å². The molecule has 1 N–H and O–H groups in total. The number of carbonyl (C=O) groups excluding carboxylic acids is 2. The van der Waals surface area contributed by atoms with Crippen LogP contribution in [0.2, 0.25) is 0 Å². The number of amides is 1. The largest absolute Gasteiger partial charge is 0.319 e. The lowest BCUT2D eigenvalue weighted by Gasteiger charge is -2.05. The summed E-state index contributed by atoms with van der Waals surface area (Å²) in [6.07, 6.45) is 1.32. The number of rotatable bonds is 2. The number of halogens is 2. The second-order valence-electron chi connectivity index (χ2n) is 5.03. The highest BCUT2D eigenvalue weighted by Gasteiger charge is 2.18. The molecule has 3 rings (SSSR count). The van der Waals surface area contributed by atoms with E-state index >= 15 is 0 Å². The Kier molecular flexibility index (Phi) is 3.65. The molecule has 0 aliphatic carbocycles. The minimum atomic E-state index is -0.577. The molecule has 0 saturated carbocycles. The molecule has 0 bridgehead atoms. The number of aromatic nitrogens is 1. The smallest absolute Gasteiger partial charge is 0.257 e. The van der Waals surface area contributed by atoms with E-state index in [9.17, 15) is 18.4 Å². The summed E-state index contributed by atoms with van der Waals surface area (Å²) in [6.45, 7) is 1.31. The Morgan fingerprint density at radius 1 is 1.09 bits per heavy atom. The number of hydrogen-bond acceptors (Lipinski definition) is 2. The Labute approximate surface area is 130 Å². The molecule has 1 heterocycles. The minimum absolute atomic E-state index is 0.0309. The van der Waals surface area contributed by atoms with Crippen LogP contribution in [0, 0.1) is 11.6 Å². The van der Waals surface area contributed by atoms with Gasteiger partial charge >= 0.3 is 0 Å². The van der Waals surface area contributed by atoms with Crippen LogP contribution < -0.4 is 5.32 Å². The summed E-state index contributed by atoms with van der Waals surface area (Å²) in [6, 6.07) is 9.55. The molecule has 4 nitrogen and oxygen atoms in total. The summed E-state index contributed by atoms with van der Waals surface area (Å²) in [5, 5.41) is 2.87. The van der Waals surface area contributed by atoms with Crippen LogP contribution in [-0.4, -0.2) is 16.4 Å². The van der Waals surface area contributed by atoms with Crippen molar-refractivity contribution in [3.63, 3.8) is 0 Å². The van der Waals surface area contributed by atoms with Crippen molar-refractivity contribution in [2.75, 3.05) is 5.32 Å². The number of carbonyl (C=O) groups is 2. The van der Waals surface area contributed by atoms with Gasteiger partial charge in [0.25, 0.3) is 5.91 Å². The summed E-state index contributed by atoms with van der Waals surface area (Å²) in [5.41, 5.74) is 0.484. The Hall–Kier alpha value is -3.02. The van der Waals surface area contributed by atoms with Gasteiger partial charge < -0.3 is 5.32 Å². The number of nitrogens with one attached hydrogen (secondary N) is 1. The van der Waals surface area contributed by atoms with Crippen molar-refractivity contribution in [3.8, 4) is 0 Å². The molecular formula is C17H12F2N2O2. The first-order valence-electron chi connectivity index (χ1n) is 6.85. The van der Waals surface area contributed by atoms with Gasteiger partial charge in [0.2, 0.25) is 5.91 Å². The van der Waals surface area contributed by atoms with Gasteiger partial charge in [-0.05, 0) is 30.3 Å². The molecule has 0 aliphatic heterocycles. The fourth-order valence-electron chi connectivity index (χ4n) is 2.39. The average Bonchev–Trinajstić information content (AvgIpc) is 2.88. The van der Waals surface area contributed by atoms with E-state index < -0.39 is 17.5 Å². The van der Waals surface area contributed by atoms with Crippen molar-refractivity contribution in [1.29, 1.82) is 0 Å². The first kappa shape index (κ1) is 14.9. The van der Waals surface area contributed by atoms with Gasteiger partial charge in [-0.2, -0.15) is 0 Å². The number of para-hydroxylation sites is 1. The van der Waals surface area contributed by atoms with Gasteiger partial charge in [-0.1, -0.05) is 12.1 Å². The van der Waals surface area contributed by atoms with Crippen molar-refractivity contribution >= 4 is 28.4 Å². The first-order valence-corrected chi connectivity index (χ1v) is 6.85. The van der Waals surface area contributed by atoms with E-state index in [-0.39, 0.29) is 22.7 Å². The standard InChI is InChI=1S/C17H12F2N2O2/c1-10(22)21-9-13(12-7-6-11(18)8-16(12)21)17(23)20-15-5-3-2-4-14(15)19/h2-9H,1H3,(H,20,23). The topological polar surface area (TPSA) is 51.1 Å². The number of nitrogens with zero attached hydrogens (tertiary/aromatic N) is 1. The van der Waals surface area contributed by atoms with Crippen molar-refractivity contribution in [1.82, 2.24) is 4.57 Å². The van der Waals surface area contributed by atoms with E-state index in [1.54, 1.807) is 6.07 Å². The van der Waals surface area contributed by atoms with Crippen LogP contribution >= 0.6 is 0 Å². The molecule has 1 amide bonds. The van der Waals surface area contributed by atoms with Crippen LogP contribution in [0.15, 0.2) is 48.7 Å². The van der Waals surface area contributed by atoms with Crippen LogP contribution in [0.5, 0.6) is 0 Å². The fraction of sp³-hybridized carbons (Fsp3) is 0.0588. The lowest BCUT2D eigenvalue weighted by molar-refractivity contribution is 0.0941. The average molecular weight is 314 g/mol. The normalized spacial score (nSPS) is 10.7. The highest BCUT2D eigenvalue weighted by atomic mass is 19.1. The van der Waals surface area contributed by atoms with E-state index in [0.29, 0.717) is 5.39 Å². The van der Waals surface area contributed by atoms with E-state index in [0.717, 1.165) is 0 Å². The van der Waals surface area contributed by atoms with Crippen LogP contribution in [0.3, 0.4) is 0 Å². The zero-order chi connectivity index (χ0) is 16.6. The van der Waals surface area contributed by atoms with Crippen molar-refractivity contribution in [3.05, 3.63) is 65.9 Å². The number of anilines is 1. The van der Waals surface area contributed by atoms with E-state index in [2.05, 4.69) is 5.32 Å². The maximum atomic E-state index is 13.6. The van der Waals surface area contributed by atoms with Gasteiger partial charge in [0, 0.05) is 18.5 Å². The maximum absolute atomic E-state index is 13.6. The molecule has 6 heteroatoms. The second-order valence-corrected chi connectivity index (χ2v) is 5.03. The Bertz CT molecular complexity index is 931. The van der Waals surface area contributed by atoms with Crippen LogP contribution in [0.4, 0.5) is 14.5 Å². The van der Waals surface area contributed by atoms with Gasteiger partial charge in [-0.25, -0.2) is 8.78 Å².